The molecule has 4 heteroatoms. The monoisotopic (exact) mass is 215 g/mol. The van der Waals surface area contributed by atoms with Crippen LogP contribution in [0, 0.1) is 11.6 Å². The summed E-state index contributed by atoms with van der Waals surface area (Å²) in [6.45, 7) is 2.06. The highest BCUT2D eigenvalue weighted by atomic mass is 19.1. The zero-order valence-electron chi connectivity index (χ0n) is 8.89. The van der Waals surface area contributed by atoms with Crippen molar-refractivity contribution in [2.24, 2.45) is 5.73 Å². The molecule has 84 valence electrons. The molecule has 15 heavy (non-hydrogen) atoms. The maximum absolute atomic E-state index is 13.4. The lowest BCUT2D eigenvalue weighted by atomic mass is 9.89. The molecule has 0 amide bonds. The van der Waals surface area contributed by atoms with Gasteiger partial charge in [-0.25, -0.2) is 8.78 Å². The number of ether oxygens (including phenoxy) is 1. The molecule has 1 aromatic carbocycles. The first-order valence-electron chi connectivity index (χ1n) is 4.71. The van der Waals surface area contributed by atoms with Gasteiger partial charge in [-0.3, -0.25) is 0 Å². The zero-order valence-corrected chi connectivity index (χ0v) is 8.89. The smallest absolute Gasteiger partial charge is 0.128 e. The molecule has 0 aromatic heterocycles. The molecule has 1 atom stereocenters. The van der Waals surface area contributed by atoms with Crippen molar-refractivity contribution < 1.29 is 13.5 Å². The summed E-state index contributed by atoms with van der Waals surface area (Å²) in [4.78, 5) is 0. The third-order valence-electron chi connectivity index (χ3n) is 2.37. The van der Waals surface area contributed by atoms with Crippen LogP contribution in [0.4, 0.5) is 8.78 Å². The van der Waals surface area contributed by atoms with Crippen LogP contribution in [0.3, 0.4) is 0 Å². The van der Waals surface area contributed by atoms with Gasteiger partial charge < -0.3 is 10.5 Å². The van der Waals surface area contributed by atoms with E-state index in [-0.39, 0.29) is 5.56 Å². The predicted octanol–water partition coefficient (Wildman–Crippen LogP) is 2.18. The molecular formula is C11H15F2NO. The molecule has 0 fully saturated rings. The van der Waals surface area contributed by atoms with Crippen LogP contribution in [-0.4, -0.2) is 13.7 Å². The average molecular weight is 215 g/mol. The van der Waals surface area contributed by atoms with E-state index in [0.29, 0.717) is 13.0 Å². The highest BCUT2D eigenvalue weighted by Crippen LogP contribution is 2.25. The van der Waals surface area contributed by atoms with Crippen molar-refractivity contribution in [1.29, 1.82) is 0 Å². The van der Waals surface area contributed by atoms with Gasteiger partial charge in [-0.1, -0.05) is 0 Å². The van der Waals surface area contributed by atoms with Crippen molar-refractivity contribution >= 4 is 0 Å². The molecule has 0 bridgehead atoms. The second-order valence-electron chi connectivity index (χ2n) is 3.78. The Kier molecular flexibility index (Phi) is 3.77. The van der Waals surface area contributed by atoms with Crippen LogP contribution >= 0.6 is 0 Å². The van der Waals surface area contributed by atoms with E-state index in [1.165, 1.54) is 7.11 Å². The van der Waals surface area contributed by atoms with E-state index in [0.717, 1.165) is 18.2 Å². The van der Waals surface area contributed by atoms with E-state index in [1.54, 1.807) is 6.92 Å². The highest BCUT2D eigenvalue weighted by molar-refractivity contribution is 5.25. The van der Waals surface area contributed by atoms with Crippen molar-refractivity contribution in [2.45, 2.75) is 18.9 Å². The number of hydrogen-bond acceptors (Lipinski definition) is 2. The number of benzene rings is 1. The molecule has 2 N–H and O–H groups in total. The van der Waals surface area contributed by atoms with Gasteiger partial charge in [0.15, 0.2) is 0 Å². The molecule has 0 aliphatic carbocycles. The minimum absolute atomic E-state index is 0.180. The summed E-state index contributed by atoms with van der Waals surface area (Å²) < 4.78 is 31.2. The molecule has 1 unspecified atom stereocenters. The molecule has 0 radical (unpaired) electrons. The Morgan fingerprint density at radius 2 is 2.07 bits per heavy atom. The van der Waals surface area contributed by atoms with Gasteiger partial charge in [-0.15, -0.1) is 0 Å². The largest absolute Gasteiger partial charge is 0.385 e. The molecule has 0 aliphatic heterocycles. The molecule has 1 aromatic rings. The predicted molar refractivity (Wildman–Crippen MR) is 54.4 cm³/mol. The lowest BCUT2D eigenvalue weighted by Gasteiger charge is -2.25. The first kappa shape index (κ1) is 12.1. The Bertz CT molecular complexity index is 339. The molecule has 0 spiro atoms. The Balaban J connectivity index is 2.97. The van der Waals surface area contributed by atoms with Gasteiger partial charge in [0.05, 0.1) is 0 Å². The van der Waals surface area contributed by atoms with Crippen molar-refractivity contribution in [3.05, 3.63) is 35.4 Å². The van der Waals surface area contributed by atoms with Gasteiger partial charge in [0.2, 0.25) is 0 Å². The summed E-state index contributed by atoms with van der Waals surface area (Å²) >= 11 is 0. The maximum Gasteiger partial charge on any atom is 0.128 e. The zero-order chi connectivity index (χ0) is 11.5. The van der Waals surface area contributed by atoms with Crippen LogP contribution < -0.4 is 5.73 Å². The van der Waals surface area contributed by atoms with Crippen molar-refractivity contribution in [3.63, 3.8) is 0 Å². The summed E-state index contributed by atoms with van der Waals surface area (Å²) in [5.41, 5.74) is 5.17. The van der Waals surface area contributed by atoms with E-state index in [4.69, 9.17) is 10.5 Å². The summed E-state index contributed by atoms with van der Waals surface area (Å²) in [5.74, 6) is -0.974. The van der Waals surface area contributed by atoms with Crippen molar-refractivity contribution in [3.8, 4) is 0 Å². The lowest BCUT2D eigenvalue weighted by molar-refractivity contribution is 0.171. The molecular weight excluding hydrogens is 200 g/mol. The number of nitrogens with two attached hydrogens (primary N) is 1. The standard InChI is InChI=1S/C11H15F2NO/c1-11(14,5-6-15-2)9-7-8(12)3-4-10(9)13/h3-4,7H,5-6,14H2,1-2H3. The Morgan fingerprint density at radius 1 is 1.40 bits per heavy atom. The molecule has 0 heterocycles. The van der Waals surface area contributed by atoms with E-state index in [1.807, 2.05) is 0 Å². The molecule has 0 aliphatic rings. The van der Waals surface area contributed by atoms with Crippen LogP contribution in [-0.2, 0) is 10.3 Å². The molecule has 2 nitrogen and oxygen atoms in total. The minimum Gasteiger partial charge on any atom is -0.385 e. The third-order valence-corrected chi connectivity index (χ3v) is 2.37. The van der Waals surface area contributed by atoms with Gasteiger partial charge >= 0.3 is 0 Å². The van der Waals surface area contributed by atoms with Crippen LogP contribution in [0.5, 0.6) is 0 Å². The van der Waals surface area contributed by atoms with Gasteiger partial charge in [0.1, 0.15) is 11.6 Å². The minimum atomic E-state index is -0.914. The van der Waals surface area contributed by atoms with Gasteiger partial charge in [-0.2, -0.15) is 0 Å². The van der Waals surface area contributed by atoms with Crippen LogP contribution in [0.15, 0.2) is 18.2 Å². The first-order chi connectivity index (χ1) is 6.97. The lowest BCUT2D eigenvalue weighted by Crippen LogP contribution is -2.35. The van der Waals surface area contributed by atoms with E-state index in [9.17, 15) is 8.78 Å². The molecule has 0 saturated heterocycles. The van der Waals surface area contributed by atoms with Crippen LogP contribution in [0.1, 0.15) is 18.9 Å². The maximum atomic E-state index is 13.4. The number of methoxy groups -OCH3 is 1. The summed E-state index contributed by atoms with van der Waals surface area (Å²) in [6.07, 6.45) is 0.434. The Morgan fingerprint density at radius 3 is 2.67 bits per heavy atom. The van der Waals surface area contributed by atoms with Crippen LogP contribution in [0.25, 0.3) is 0 Å². The van der Waals surface area contributed by atoms with Gasteiger partial charge in [0.25, 0.3) is 0 Å². The summed E-state index contributed by atoms with van der Waals surface area (Å²) in [5, 5.41) is 0. The topological polar surface area (TPSA) is 35.2 Å². The normalized spacial score (nSPS) is 15.0. The highest BCUT2D eigenvalue weighted by Gasteiger charge is 2.24. The van der Waals surface area contributed by atoms with Crippen LogP contribution in [0.2, 0.25) is 0 Å². The fourth-order valence-corrected chi connectivity index (χ4v) is 1.38. The molecule has 1 rings (SSSR count). The Labute approximate surface area is 88.0 Å². The third kappa shape index (κ3) is 2.97. The quantitative estimate of drug-likeness (QED) is 0.835. The number of hydrogen-bond donors (Lipinski definition) is 1. The van der Waals surface area contributed by atoms with Crippen molar-refractivity contribution in [1.82, 2.24) is 0 Å². The first-order valence-corrected chi connectivity index (χ1v) is 4.71. The van der Waals surface area contributed by atoms with E-state index in [2.05, 4.69) is 0 Å². The van der Waals surface area contributed by atoms with Crippen molar-refractivity contribution in [2.75, 3.05) is 13.7 Å². The summed E-state index contributed by atoms with van der Waals surface area (Å²) in [6, 6.07) is 3.29. The average Bonchev–Trinajstić information content (AvgIpc) is 2.18. The second kappa shape index (κ2) is 4.68. The van der Waals surface area contributed by atoms with E-state index >= 15 is 0 Å². The SMILES string of the molecule is COCCC(C)(N)c1cc(F)ccc1F. The fourth-order valence-electron chi connectivity index (χ4n) is 1.38. The molecule has 0 saturated carbocycles. The summed E-state index contributed by atoms with van der Waals surface area (Å²) in [7, 11) is 1.54. The van der Waals surface area contributed by atoms with E-state index < -0.39 is 17.2 Å². The number of rotatable bonds is 4. The van der Waals surface area contributed by atoms with Gasteiger partial charge in [-0.05, 0) is 31.5 Å². The number of halogens is 2. The second-order valence-corrected chi connectivity index (χ2v) is 3.78. The fraction of sp³-hybridized carbons (Fsp3) is 0.455. The van der Waals surface area contributed by atoms with Gasteiger partial charge in [0, 0.05) is 24.8 Å². The Hall–Kier alpha value is -1.00.